The van der Waals surface area contributed by atoms with Gasteiger partial charge in [-0.25, -0.2) is 0 Å². The van der Waals surface area contributed by atoms with Gasteiger partial charge >= 0.3 is 0 Å². The quantitative estimate of drug-likeness (QED) is 0.671. The Morgan fingerprint density at radius 2 is 1.68 bits per heavy atom. The molecule has 1 saturated heterocycles. The van der Waals surface area contributed by atoms with Crippen molar-refractivity contribution in [2.75, 3.05) is 19.8 Å². The highest BCUT2D eigenvalue weighted by molar-refractivity contribution is 5.21. The maximum absolute atomic E-state index is 6.42. The highest BCUT2D eigenvalue weighted by atomic mass is 16.6. The van der Waals surface area contributed by atoms with Crippen LogP contribution in [0.25, 0.3) is 0 Å². The van der Waals surface area contributed by atoms with Crippen LogP contribution in [0.3, 0.4) is 0 Å². The number of nitrogens with one attached hydrogen (secondary N) is 1. The van der Waals surface area contributed by atoms with E-state index in [1.165, 1.54) is 0 Å². The van der Waals surface area contributed by atoms with Crippen molar-refractivity contribution in [2.24, 2.45) is 0 Å². The lowest BCUT2D eigenvalue weighted by molar-refractivity contribution is -0.0464. The Kier molecular flexibility index (Phi) is 6.45. The van der Waals surface area contributed by atoms with Crippen LogP contribution in [0.5, 0.6) is 5.75 Å². The molecule has 3 rings (SSSR count). The molecule has 0 aliphatic carbocycles. The Hall–Kier alpha value is -1.88. The molecule has 3 unspecified atom stereocenters. The van der Waals surface area contributed by atoms with Crippen molar-refractivity contribution in [3.8, 4) is 5.75 Å². The Morgan fingerprint density at radius 3 is 2.28 bits per heavy atom. The second-order valence-electron chi connectivity index (χ2n) is 6.65. The molecule has 0 radical (unpaired) electrons. The summed E-state index contributed by atoms with van der Waals surface area (Å²) in [4.78, 5) is 0. The average molecular weight is 341 g/mol. The van der Waals surface area contributed by atoms with E-state index in [9.17, 15) is 0 Å². The molecule has 0 amide bonds. The summed E-state index contributed by atoms with van der Waals surface area (Å²) in [7, 11) is 0. The van der Waals surface area contributed by atoms with Crippen molar-refractivity contribution < 1.29 is 14.2 Å². The van der Waals surface area contributed by atoms with Crippen LogP contribution in [0.15, 0.2) is 60.7 Å². The standard InChI is InChI=1S/C21H27NO3/c1-16(2)22-13-19(14-23-18-11-7-4-8-12-18)25-21(20-15-24-20)17-9-5-3-6-10-17/h3-12,16,19-22H,13-15H2,1-2H3. The molecule has 4 heteroatoms. The van der Waals surface area contributed by atoms with Gasteiger partial charge in [-0.1, -0.05) is 62.4 Å². The minimum Gasteiger partial charge on any atom is -0.491 e. The first kappa shape index (κ1) is 17.9. The van der Waals surface area contributed by atoms with Crippen LogP contribution in [-0.2, 0) is 9.47 Å². The van der Waals surface area contributed by atoms with E-state index in [1.54, 1.807) is 0 Å². The summed E-state index contributed by atoms with van der Waals surface area (Å²) < 4.78 is 17.9. The van der Waals surface area contributed by atoms with Gasteiger partial charge < -0.3 is 19.5 Å². The third-order valence-corrected chi connectivity index (χ3v) is 4.10. The maximum atomic E-state index is 6.42. The summed E-state index contributed by atoms with van der Waals surface area (Å²) in [6.45, 7) is 6.26. The molecular formula is C21H27NO3. The zero-order valence-corrected chi connectivity index (χ0v) is 14.9. The van der Waals surface area contributed by atoms with Crippen LogP contribution >= 0.6 is 0 Å². The molecule has 1 fully saturated rings. The van der Waals surface area contributed by atoms with Crippen molar-refractivity contribution in [2.45, 2.75) is 38.2 Å². The van der Waals surface area contributed by atoms with Crippen molar-refractivity contribution in [3.63, 3.8) is 0 Å². The third-order valence-electron chi connectivity index (χ3n) is 4.10. The van der Waals surface area contributed by atoms with Gasteiger partial charge in [0, 0.05) is 12.6 Å². The Bertz CT molecular complexity index is 614. The summed E-state index contributed by atoms with van der Waals surface area (Å²) in [6, 6.07) is 20.5. The molecule has 2 aromatic carbocycles. The first-order chi connectivity index (χ1) is 12.2. The molecule has 4 nitrogen and oxygen atoms in total. The molecule has 25 heavy (non-hydrogen) atoms. The molecule has 3 atom stereocenters. The minimum absolute atomic E-state index is 0.0560. The van der Waals surface area contributed by atoms with Crippen LogP contribution in [-0.4, -0.2) is 38.0 Å². The van der Waals surface area contributed by atoms with Gasteiger partial charge in [0.1, 0.15) is 30.7 Å². The number of hydrogen-bond acceptors (Lipinski definition) is 4. The van der Waals surface area contributed by atoms with E-state index < -0.39 is 0 Å². The molecule has 0 spiro atoms. The lowest BCUT2D eigenvalue weighted by Gasteiger charge is -2.25. The van der Waals surface area contributed by atoms with Gasteiger partial charge in [-0.15, -0.1) is 0 Å². The fourth-order valence-corrected chi connectivity index (χ4v) is 2.68. The smallest absolute Gasteiger partial charge is 0.119 e. The molecule has 2 aromatic rings. The van der Waals surface area contributed by atoms with Crippen molar-refractivity contribution in [1.82, 2.24) is 5.32 Å². The SMILES string of the molecule is CC(C)NCC(COc1ccccc1)OC(c1ccccc1)C1CO1. The number of ether oxygens (including phenoxy) is 3. The predicted octanol–water partition coefficient (Wildman–Crippen LogP) is 3.59. The molecule has 0 bridgehead atoms. The van der Waals surface area contributed by atoms with Crippen LogP contribution in [0.4, 0.5) is 0 Å². The monoisotopic (exact) mass is 341 g/mol. The van der Waals surface area contributed by atoms with Gasteiger partial charge in [0.05, 0.1) is 6.61 Å². The van der Waals surface area contributed by atoms with Crippen LogP contribution in [0, 0.1) is 0 Å². The third kappa shape index (κ3) is 5.85. The van der Waals surface area contributed by atoms with E-state index in [-0.39, 0.29) is 18.3 Å². The first-order valence-corrected chi connectivity index (χ1v) is 8.95. The van der Waals surface area contributed by atoms with Crippen molar-refractivity contribution in [1.29, 1.82) is 0 Å². The number of hydrogen-bond donors (Lipinski definition) is 1. The zero-order valence-electron chi connectivity index (χ0n) is 14.9. The van der Waals surface area contributed by atoms with Gasteiger partial charge in [0.25, 0.3) is 0 Å². The van der Waals surface area contributed by atoms with E-state index in [4.69, 9.17) is 14.2 Å². The predicted molar refractivity (Wildman–Crippen MR) is 98.9 cm³/mol. The number of epoxide rings is 1. The van der Waals surface area contributed by atoms with Gasteiger partial charge in [-0.05, 0) is 17.7 Å². The maximum Gasteiger partial charge on any atom is 0.119 e. The molecule has 0 aromatic heterocycles. The lowest BCUT2D eigenvalue weighted by atomic mass is 10.1. The lowest BCUT2D eigenvalue weighted by Crippen LogP contribution is -2.38. The Morgan fingerprint density at radius 1 is 1.04 bits per heavy atom. The van der Waals surface area contributed by atoms with Crippen LogP contribution < -0.4 is 10.1 Å². The largest absolute Gasteiger partial charge is 0.491 e. The fourth-order valence-electron chi connectivity index (χ4n) is 2.68. The minimum atomic E-state index is -0.0583. The van der Waals surface area contributed by atoms with Gasteiger partial charge in [0.2, 0.25) is 0 Å². The molecule has 134 valence electrons. The van der Waals surface area contributed by atoms with Crippen molar-refractivity contribution >= 4 is 0 Å². The average Bonchev–Trinajstić information content (AvgIpc) is 3.47. The summed E-state index contributed by atoms with van der Waals surface area (Å²) in [5.74, 6) is 0.861. The Labute approximate surface area is 150 Å². The van der Waals surface area contributed by atoms with Crippen LogP contribution in [0.2, 0.25) is 0 Å². The second-order valence-corrected chi connectivity index (χ2v) is 6.65. The fraction of sp³-hybridized carbons (Fsp3) is 0.429. The van der Waals surface area contributed by atoms with Crippen LogP contribution in [0.1, 0.15) is 25.5 Å². The summed E-state index contributed by atoms with van der Waals surface area (Å²) in [5.41, 5.74) is 1.15. The Balaban J connectivity index is 1.64. The first-order valence-electron chi connectivity index (χ1n) is 8.95. The highest BCUT2D eigenvalue weighted by Crippen LogP contribution is 2.32. The molecule has 1 heterocycles. The molecule has 1 aliphatic rings. The van der Waals surface area contributed by atoms with E-state index in [0.717, 1.165) is 24.5 Å². The zero-order chi connectivity index (χ0) is 17.5. The van der Waals surface area contributed by atoms with E-state index >= 15 is 0 Å². The summed E-state index contributed by atoms with van der Waals surface area (Å²) >= 11 is 0. The molecule has 1 aliphatic heterocycles. The van der Waals surface area contributed by atoms with Crippen molar-refractivity contribution in [3.05, 3.63) is 66.2 Å². The second kappa shape index (κ2) is 8.99. The summed E-state index contributed by atoms with van der Waals surface area (Å²) in [5, 5.41) is 3.45. The number of para-hydroxylation sites is 1. The molecule has 1 N–H and O–H groups in total. The summed E-state index contributed by atoms with van der Waals surface area (Å²) in [6.07, 6.45) is 0.0252. The molecular weight excluding hydrogens is 314 g/mol. The highest BCUT2D eigenvalue weighted by Gasteiger charge is 2.36. The normalized spacial score (nSPS) is 18.8. The molecule has 0 saturated carbocycles. The number of rotatable bonds is 10. The van der Waals surface area contributed by atoms with Gasteiger partial charge in [-0.3, -0.25) is 0 Å². The van der Waals surface area contributed by atoms with E-state index in [0.29, 0.717) is 12.6 Å². The number of benzene rings is 2. The van der Waals surface area contributed by atoms with Gasteiger partial charge in [-0.2, -0.15) is 0 Å². The van der Waals surface area contributed by atoms with E-state index in [2.05, 4.69) is 31.3 Å². The van der Waals surface area contributed by atoms with E-state index in [1.807, 2.05) is 48.5 Å². The topological polar surface area (TPSA) is 43.0 Å². The van der Waals surface area contributed by atoms with Gasteiger partial charge in [0.15, 0.2) is 0 Å².